The third-order valence-electron chi connectivity index (χ3n) is 8.23. The average molecular weight is 461 g/mol. The molecule has 0 fully saturated rings. The number of pyridine rings is 2. The van der Waals surface area contributed by atoms with Gasteiger partial charge in [0.15, 0.2) is 0 Å². The van der Waals surface area contributed by atoms with Gasteiger partial charge in [-0.3, -0.25) is 4.98 Å². The second-order valence-electron chi connectivity index (χ2n) is 10.1. The molecule has 0 aliphatic heterocycles. The number of rotatable bonds is 2. The predicted octanol–water partition coefficient (Wildman–Crippen LogP) is 7.40. The highest BCUT2D eigenvalue weighted by Gasteiger charge is 2.38. The minimum absolute atomic E-state index is 0.388. The molecule has 0 saturated carbocycles. The average Bonchev–Trinajstić information content (AvgIpc) is 2.95. The number of allylic oxidation sites excluding steroid dienone is 14. The van der Waals surface area contributed by atoms with Crippen molar-refractivity contribution in [2.45, 2.75) is 12.8 Å². The molecular formula is C34H24N2. The van der Waals surface area contributed by atoms with Crippen molar-refractivity contribution >= 4 is 5.57 Å². The molecule has 3 aromatic rings. The monoisotopic (exact) mass is 460 g/mol. The van der Waals surface area contributed by atoms with Crippen molar-refractivity contribution in [3.63, 3.8) is 0 Å². The quantitative estimate of drug-likeness (QED) is 0.398. The van der Waals surface area contributed by atoms with Gasteiger partial charge >= 0.3 is 0 Å². The van der Waals surface area contributed by atoms with Crippen LogP contribution in [0.15, 0.2) is 132 Å². The van der Waals surface area contributed by atoms with Crippen LogP contribution < -0.4 is 0 Å². The Balaban J connectivity index is 1.23. The normalized spacial score (nSPS) is 22.3. The molecule has 0 bridgehead atoms. The minimum Gasteiger partial charge on any atom is -0.254 e. The van der Waals surface area contributed by atoms with Crippen molar-refractivity contribution in [2.75, 3.05) is 0 Å². The van der Waals surface area contributed by atoms with Gasteiger partial charge in [0, 0.05) is 23.6 Å². The van der Waals surface area contributed by atoms with Gasteiger partial charge in [-0.05, 0) is 75.6 Å². The van der Waals surface area contributed by atoms with Crippen molar-refractivity contribution in [2.24, 2.45) is 11.8 Å². The molecule has 2 unspecified atom stereocenters. The van der Waals surface area contributed by atoms with E-state index in [1.54, 1.807) is 0 Å². The van der Waals surface area contributed by atoms with Crippen LogP contribution in [-0.2, 0) is 12.8 Å². The summed E-state index contributed by atoms with van der Waals surface area (Å²) in [6.45, 7) is 0. The number of hydrogen-bond donors (Lipinski definition) is 0. The van der Waals surface area contributed by atoms with Gasteiger partial charge in [0.25, 0.3) is 0 Å². The topological polar surface area (TPSA) is 25.8 Å². The maximum atomic E-state index is 5.14. The van der Waals surface area contributed by atoms with Crippen molar-refractivity contribution in [3.8, 4) is 22.6 Å². The summed E-state index contributed by atoms with van der Waals surface area (Å²) in [5, 5.41) is 0. The lowest BCUT2D eigenvalue weighted by Crippen LogP contribution is -2.29. The summed E-state index contributed by atoms with van der Waals surface area (Å²) in [7, 11) is 0. The number of aromatic nitrogens is 2. The van der Waals surface area contributed by atoms with Crippen LogP contribution in [-0.4, -0.2) is 9.97 Å². The Bertz CT molecular complexity index is 1690. The molecule has 0 amide bonds. The van der Waals surface area contributed by atoms with E-state index in [0.29, 0.717) is 11.8 Å². The zero-order chi connectivity index (χ0) is 23.6. The highest BCUT2D eigenvalue weighted by Crippen LogP contribution is 2.51. The number of aryl methyl sites for hydroxylation is 2. The van der Waals surface area contributed by atoms with Gasteiger partial charge in [0.05, 0.1) is 17.1 Å². The van der Waals surface area contributed by atoms with Crippen molar-refractivity contribution in [1.82, 2.24) is 9.97 Å². The molecule has 170 valence electrons. The van der Waals surface area contributed by atoms with E-state index in [9.17, 15) is 0 Å². The van der Waals surface area contributed by atoms with Crippen LogP contribution in [0, 0.1) is 11.8 Å². The fourth-order valence-corrected chi connectivity index (χ4v) is 6.49. The van der Waals surface area contributed by atoms with Crippen LogP contribution >= 0.6 is 0 Å². The second-order valence-corrected chi connectivity index (χ2v) is 10.1. The smallest absolute Gasteiger partial charge is 0.0928 e. The second kappa shape index (κ2) is 7.60. The molecule has 2 heterocycles. The van der Waals surface area contributed by atoms with Crippen LogP contribution in [0.4, 0.5) is 0 Å². The fraction of sp³-hybridized carbons (Fsp3) is 0.118. The Hall–Kier alpha value is -4.30. The summed E-state index contributed by atoms with van der Waals surface area (Å²) in [4.78, 5) is 9.81. The van der Waals surface area contributed by atoms with Gasteiger partial charge in [-0.15, -0.1) is 0 Å². The van der Waals surface area contributed by atoms with Crippen LogP contribution in [0.5, 0.6) is 0 Å². The molecule has 36 heavy (non-hydrogen) atoms. The van der Waals surface area contributed by atoms with Gasteiger partial charge in [-0.2, -0.15) is 0 Å². The van der Waals surface area contributed by atoms with E-state index in [-0.39, 0.29) is 0 Å². The van der Waals surface area contributed by atoms with Gasteiger partial charge in [-0.1, -0.05) is 85.0 Å². The fourth-order valence-electron chi connectivity index (χ4n) is 6.49. The van der Waals surface area contributed by atoms with Crippen LogP contribution in [0.25, 0.3) is 28.2 Å². The zero-order valence-electron chi connectivity index (χ0n) is 19.9. The van der Waals surface area contributed by atoms with E-state index in [1.807, 2.05) is 12.3 Å². The maximum Gasteiger partial charge on any atom is 0.0928 e. The summed E-state index contributed by atoms with van der Waals surface area (Å²) in [5.41, 5.74) is 15.0. The van der Waals surface area contributed by atoms with Crippen molar-refractivity contribution in [1.29, 1.82) is 0 Å². The van der Waals surface area contributed by atoms with E-state index in [1.165, 1.54) is 44.6 Å². The third kappa shape index (κ3) is 2.91. The minimum atomic E-state index is 0.388. The first-order valence-corrected chi connectivity index (χ1v) is 12.8. The molecule has 2 atom stereocenters. The lowest BCUT2D eigenvalue weighted by Gasteiger charge is -2.40. The first-order valence-electron chi connectivity index (χ1n) is 12.8. The number of nitrogens with zero attached hydrogens (tertiary/aromatic N) is 2. The Kier molecular flexibility index (Phi) is 4.21. The van der Waals surface area contributed by atoms with E-state index in [2.05, 4.69) is 102 Å². The number of benzene rings is 1. The number of fused-ring (bicyclic) bond motifs is 3. The highest BCUT2D eigenvalue weighted by molar-refractivity contribution is 5.85. The third-order valence-corrected chi connectivity index (χ3v) is 8.23. The molecule has 0 N–H and O–H groups in total. The number of hydrogen-bond acceptors (Lipinski definition) is 2. The predicted molar refractivity (Wildman–Crippen MR) is 146 cm³/mol. The molecular weight excluding hydrogens is 436 g/mol. The molecule has 5 aliphatic rings. The SMILES string of the molecule is C1=CC2=CC=C3C=CC(c4cccc(-c5ccc6c(n5)-c5ncccc5CC6)c4)=C4C=CC(=C1)C2C34. The van der Waals surface area contributed by atoms with Crippen LogP contribution in [0.2, 0.25) is 0 Å². The molecule has 2 heteroatoms. The molecule has 0 saturated heterocycles. The van der Waals surface area contributed by atoms with E-state index in [0.717, 1.165) is 35.5 Å². The first-order chi connectivity index (χ1) is 17.8. The first kappa shape index (κ1) is 19.9. The molecule has 0 spiro atoms. The Morgan fingerprint density at radius 3 is 2.39 bits per heavy atom. The Morgan fingerprint density at radius 2 is 1.44 bits per heavy atom. The van der Waals surface area contributed by atoms with E-state index >= 15 is 0 Å². The summed E-state index contributed by atoms with van der Waals surface area (Å²) in [6, 6.07) is 17.5. The van der Waals surface area contributed by atoms with Crippen LogP contribution in [0.1, 0.15) is 16.7 Å². The lowest BCUT2D eigenvalue weighted by atomic mass is 9.63. The van der Waals surface area contributed by atoms with Gasteiger partial charge in [0.2, 0.25) is 0 Å². The summed E-state index contributed by atoms with van der Waals surface area (Å²) < 4.78 is 0. The molecule has 5 aliphatic carbocycles. The summed E-state index contributed by atoms with van der Waals surface area (Å²) in [5.74, 6) is 0.812. The lowest BCUT2D eigenvalue weighted by molar-refractivity contribution is 0.566. The zero-order valence-corrected chi connectivity index (χ0v) is 19.9. The Labute approximate surface area is 211 Å². The molecule has 2 nitrogen and oxygen atoms in total. The van der Waals surface area contributed by atoms with Gasteiger partial charge < -0.3 is 0 Å². The van der Waals surface area contributed by atoms with E-state index in [4.69, 9.17) is 4.98 Å². The standard InChI is InChI=1S/C34H24N2/c1-4-21-9-10-23-13-16-28(29-17-14-22(5-1)31(21)32(23)29)26-6-2-7-27(20-26)30-18-15-25-12-11-24-8-3-19-35-33(24)34(25)36-30/h1-10,13-20,31-32H,11-12H2. The van der Waals surface area contributed by atoms with E-state index < -0.39 is 0 Å². The largest absolute Gasteiger partial charge is 0.254 e. The molecule has 1 aromatic carbocycles. The van der Waals surface area contributed by atoms with Crippen molar-refractivity contribution < 1.29 is 0 Å². The molecule has 0 radical (unpaired) electrons. The molecule has 2 aromatic heterocycles. The summed E-state index contributed by atoms with van der Waals surface area (Å²) in [6.07, 6.45) is 24.5. The van der Waals surface area contributed by atoms with Crippen molar-refractivity contribution in [3.05, 3.63) is 148 Å². The maximum absolute atomic E-state index is 5.14. The van der Waals surface area contributed by atoms with Gasteiger partial charge in [0.1, 0.15) is 0 Å². The Morgan fingerprint density at radius 1 is 0.639 bits per heavy atom. The summed E-state index contributed by atoms with van der Waals surface area (Å²) >= 11 is 0. The highest BCUT2D eigenvalue weighted by atomic mass is 14.8. The van der Waals surface area contributed by atoms with Gasteiger partial charge in [-0.25, -0.2) is 4.98 Å². The van der Waals surface area contributed by atoms with Crippen LogP contribution in [0.3, 0.4) is 0 Å². The molecule has 8 rings (SSSR count).